The Morgan fingerprint density at radius 3 is 2.68 bits per heavy atom. The maximum Gasteiger partial charge on any atom is 0.191 e. The first-order valence-electron chi connectivity index (χ1n) is 9.34. The van der Waals surface area contributed by atoms with Crippen LogP contribution in [0.3, 0.4) is 0 Å². The van der Waals surface area contributed by atoms with Gasteiger partial charge in [0, 0.05) is 32.7 Å². The third kappa shape index (κ3) is 5.08. The maximum absolute atomic E-state index is 14.5. The Morgan fingerprint density at radius 2 is 2.00 bits per heavy atom. The van der Waals surface area contributed by atoms with Crippen LogP contribution in [0.15, 0.2) is 23.2 Å². The van der Waals surface area contributed by atoms with Gasteiger partial charge in [0.15, 0.2) is 5.96 Å². The predicted molar refractivity (Wildman–Crippen MR) is 99.6 cm³/mol. The molecular weight excluding hydrogens is 319 g/mol. The number of nitrogens with one attached hydrogen (secondary N) is 2. The summed E-state index contributed by atoms with van der Waals surface area (Å²) in [5.41, 5.74) is 1.58. The molecule has 138 valence electrons. The first-order valence-corrected chi connectivity index (χ1v) is 9.34. The largest absolute Gasteiger partial charge is 0.378 e. The number of nitrogens with zero attached hydrogens (tertiary/aromatic N) is 2. The van der Waals surface area contributed by atoms with Crippen molar-refractivity contribution in [1.29, 1.82) is 0 Å². The van der Waals surface area contributed by atoms with Crippen molar-refractivity contribution in [1.82, 2.24) is 10.6 Å². The van der Waals surface area contributed by atoms with E-state index in [1.165, 1.54) is 32.1 Å². The Bertz CT molecular complexity index is 581. The number of halogens is 1. The Labute approximate surface area is 149 Å². The molecule has 2 N–H and O–H groups in total. The molecule has 1 saturated carbocycles. The maximum atomic E-state index is 14.5. The fourth-order valence-electron chi connectivity index (χ4n) is 3.54. The van der Waals surface area contributed by atoms with Crippen molar-refractivity contribution in [2.24, 2.45) is 4.99 Å². The number of rotatable bonds is 4. The average Bonchev–Trinajstić information content (AvgIpc) is 2.66. The summed E-state index contributed by atoms with van der Waals surface area (Å²) in [6, 6.07) is 5.97. The molecular formula is C19H29FN4O. The van der Waals surface area contributed by atoms with Gasteiger partial charge in [-0.2, -0.15) is 0 Å². The summed E-state index contributed by atoms with van der Waals surface area (Å²) < 4.78 is 19.8. The number of morpholine rings is 1. The van der Waals surface area contributed by atoms with Gasteiger partial charge in [-0.25, -0.2) is 4.39 Å². The highest BCUT2D eigenvalue weighted by atomic mass is 19.1. The molecule has 1 aliphatic heterocycles. The molecule has 0 radical (unpaired) electrons. The van der Waals surface area contributed by atoms with Gasteiger partial charge in [-0.05, 0) is 30.5 Å². The molecule has 1 aromatic carbocycles. The smallest absolute Gasteiger partial charge is 0.191 e. The zero-order valence-corrected chi connectivity index (χ0v) is 15.1. The molecule has 1 aromatic rings. The van der Waals surface area contributed by atoms with E-state index in [0.29, 0.717) is 31.5 Å². The molecule has 1 heterocycles. The van der Waals surface area contributed by atoms with Crippen LogP contribution in [0.1, 0.15) is 37.7 Å². The quantitative estimate of drug-likeness (QED) is 0.649. The van der Waals surface area contributed by atoms with Gasteiger partial charge in [-0.15, -0.1) is 0 Å². The topological polar surface area (TPSA) is 48.9 Å². The molecule has 0 aromatic heterocycles. The van der Waals surface area contributed by atoms with Gasteiger partial charge in [-0.3, -0.25) is 4.99 Å². The summed E-state index contributed by atoms with van der Waals surface area (Å²) >= 11 is 0. The molecule has 5 nitrogen and oxygen atoms in total. The van der Waals surface area contributed by atoms with Crippen molar-refractivity contribution in [2.75, 3.05) is 38.3 Å². The molecule has 1 aliphatic carbocycles. The van der Waals surface area contributed by atoms with Gasteiger partial charge in [-0.1, -0.05) is 25.3 Å². The van der Waals surface area contributed by atoms with E-state index in [1.54, 1.807) is 13.1 Å². The van der Waals surface area contributed by atoms with Gasteiger partial charge in [0.1, 0.15) is 5.82 Å². The minimum atomic E-state index is -0.170. The third-order valence-electron chi connectivity index (χ3n) is 4.99. The highest BCUT2D eigenvalue weighted by Gasteiger charge is 2.16. The first-order chi connectivity index (χ1) is 12.3. The van der Waals surface area contributed by atoms with Crippen LogP contribution in [-0.4, -0.2) is 45.4 Å². The molecule has 0 bridgehead atoms. The molecule has 6 heteroatoms. The zero-order chi connectivity index (χ0) is 17.5. The lowest BCUT2D eigenvalue weighted by Gasteiger charge is -2.29. The number of guanidine groups is 1. The zero-order valence-electron chi connectivity index (χ0n) is 15.1. The number of ether oxygens (including phenoxy) is 1. The van der Waals surface area contributed by atoms with Crippen molar-refractivity contribution in [3.05, 3.63) is 29.6 Å². The lowest BCUT2D eigenvalue weighted by molar-refractivity contribution is 0.122. The molecule has 2 aliphatic rings. The predicted octanol–water partition coefficient (Wildman–Crippen LogP) is 2.66. The highest BCUT2D eigenvalue weighted by molar-refractivity contribution is 5.80. The van der Waals surface area contributed by atoms with Crippen LogP contribution in [0.5, 0.6) is 0 Å². The van der Waals surface area contributed by atoms with Crippen LogP contribution >= 0.6 is 0 Å². The lowest BCUT2D eigenvalue weighted by Crippen LogP contribution is -2.43. The summed E-state index contributed by atoms with van der Waals surface area (Å²) in [7, 11) is 1.78. The van der Waals surface area contributed by atoms with Crippen molar-refractivity contribution in [3.8, 4) is 0 Å². The molecule has 0 amide bonds. The summed E-state index contributed by atoms with van der Waals surface area (Å²) in [4.78, 5) is 6.33. The average molecular weight is 348 g/mol. The highest BCUT2D eigenvalue weighted by Crippen LogP contribution is 2.21. The summed E-state index contributed by atoms with van der Waals surface area (Å²) in [6.45, 7) is 3.36. The van der Waals surface area contributed by atoms with Crippen LogP contribution in [0, 0.1) is 5.82 Å². The van der Waals surface area contributed by atoms with E-state index in [-0.39, 0.29) is 5.82 Å². The van der Waals surface area contributed by atoms with Crippen LogP contribution in [0.25, 0.3) is 0 Å². The van der Waals surface area contributed by atoms with Crippen LogP contribution in [-0.2, 0) is 11.3 Å². The fraction of sp³-hybridized carbons (Fsp3) is 0.632. The standard InChI is InChI=1S/C19H29FN4O/c1-21-19(23-16-5-3-2-4-6-16)22-14-15-7-8-18(17(20)13-15)24-9-11-25-12-10-24/h7-8,13,16H,2-6,9-12,14H2,1H3,(H2,21,22,23). The minimum Gasteiger partial charge on any atom is -0.378 e. The molecule has 1 saturated heterocycles. The Kier molecular flexibility index (Phi) is 6.50. The van der Waals surface area contributed by atoms with Crippen LogP contribution in [0.4, 0.5) is 10.1 Å². The summed E-state index contributed by atoms with van der Waals surface area (Å²) in [5.74, 6) is 0.626. The van der Waals surface area contributed by atoms with E-state index in [0.717, 1.165) is 24.6 Å². The Balaban J connectivity index is 1.54. The van der Waals surface area contributed by atoms with Gasteiger partial charge >= 0.3 is 0 Å². The first kappa shape index (κ1) is 18.0. The number of benzene rings is 1. The minimum absolute atomic E-state index is 0.170. The Hall–Kier alpha value is -1.82. The lowest BCUT2D eigenvalue weighted by atomic mass is 9.96. The van der Waals surface area contributed by atoms with E-state index in [9.17, 15) is 4.39 Å². The van der Waals surface area contributed by atoms with Crippen LogP contribution < -0.4 is 15.5 Å². The number of hydrogen-bond donors (Lipinski definition) is 2. The van der Waals surface area contributed by atoms with Crippen molar-refractivity contribution in [2.45, 2.75) is 44.7 Å². The van der Waals surface area contributed by atoms with Crippen molar-refractivity contribution >= 4 is 11.6 Å². The van der Waals surface area contributed by atoms with Crippen molar-refractivity contribution < 1.29 is 9.13 Å². The van der Waals surface area contributed by atoms with E-state index < -0.39 is 0 Å². The van der Waals surface area contributed by atoms with Gasteiger partial charge in [0.05, 0.1) is 18.9 Å². The molecule has 3 rings (SSSR count). The second kappa shape index (κ2) is 9.04. The number of aliphatic imine (C=N–C) groups is 1. The summed E-state index contributed by atoms with van der Waals surface area (Å²) in [5, 5.41) is 6.77. The van der Waals surface area contributed by atoms with E-state index in [2.05, 4.69) is 15.6 Å². The number of anilines is 1. The fourth-order valence-corrected chi connectivity index (χ4v) is 3.54. The van der Waals surface area contributed by atoms with E-state index in [4.69, 9.17) is 4.74 Å². The monoisotopic (exact) mass is 348 g/mol. The molecule has 0 spiro atoms. The molecule has 25 heavy (non-hydrogen) atoms. The number of hydrogen-bond acceptors (Lipinski definition) is 3. The third-order valence-corrected chi connectivity index (χ3v) is 4.99. The van der Waals surface area contributed by atoms with Crippen LogP contribution in [0.2, 0.25) is 0 Å². The molecule has 0 unspecified atom stereocenters. The molecule has 2 fully saturated rings. The Morgan fingerprint density at radius 1 is 1.24 bits per heavy atom. The van der Waals surface area contributed by atoms with E-state index in [1.807, 2.05) is 17.0 Å². The second-order valence-corrected chi connectivity index (χ2v) is 6.79. The van der Waals surface area contributed by atoms with Gasteiger partial charge in [0.25, 0.3) is 0 Å². The SMILES string of the molecule is CN=C(NCc1ccc(N2CCOCC2)c(F)c1)NC1CCCCC1. The van der Waals surface area contributed by atoms with E-state index >= 15 is 0 Å². The van der Waals surface area contributed by atoms with Gasteiger partial charge in [0.2, 0.25) is 0 Å². The van der Waals surface area contributed by atoms with Gasteiger partial charge < -0.3 is 20.3 Å². The normalized spacial score (nSPS) is 19.8. The van der Waals surface area contributed by atoms with Crippen molar-refractivity contribution in [3.63, 3.8) is 0 Å². The summed E-state index contributed by atoms with van der Waals surface area (Å²) in [6.07, 6.45) is 6.29. The molecule has 0 atom stereocenters. The second-order valence-electron chi connectivity index (χ2n) is 6.79.